The van der Waals surface area contributed by atoms with E-state index in [1.807, 2.05) is 24.3 Å². The van der Waals surface area contributed by atoms with E-state index < -0.39 is 0 Å². The van der Waals surface area contributed by atoms with Gasteiger partial charge in [-0.3, -0.25) is 0 Å². The molecular weight excluding hydrogens is 302 g/mol. The summed E-state index contributed by atoms with van der Waals surface area (Å²) in [7, 11) is 0. The minimum atomic E-state index is 0.670. The van der Waals surface area contributed by atoms with Gasteiger partial charge >= 0.3 is 0 Å². The molecule has 6 nitrogen and oxygen atoms in total. The lowest BCUT2D eigenvalue weighted by atomic mass is 10.3. The first-order valence-electron chi connectivity index (χ1n) is 7.10. The van der Waals surface area contributed by atoms with Gasteiger partial charge in [0.25, 0.3) is 0 Å². The van der Waals surface area contributed by atoms with Crippen LogP contribution in [-0.2, 0) is 4.74 Å². The molecule has 1 aromatic carbocycles. The number of hydrogen-bond donors (Lipinski definition) is 0. The number of aromatic nitrogens is 4. The van der Waals surface area contributed by atoms with Gasteiger partial charge in [-0.15, -0.1) is 0 Å². The number of morpholine rings is 1. The molecule has 2 aromatic heterocycles. The Kier molecular flexibility index (Phi) is 3.40. The average Bonchev–Trinajstić information content (AvgIpc) is 3.00. The van der Waals surface area contributed by atoms with E-state index in [0.717, 1.165) is 35.6 Å². The van der Waals surface area contributed by atoms with Gasteiger partial charge in [0.05, 0.1) is 30.5 Å². The molecule has 0 atom stereocenters. The molecule has 1 aliphatic rings. The van der Waals surface area contributed by atoms with Gasteiger partial charge in [0.15, 0.2) is 5.65 Å². The van der Waals surface area contributed by atoms with E-state index in [4.69, 9.17) is 16.3 Å². The maximum absolute atomic E-state index is 6.07. The number of anilines is 1. The lowest BCUT2D eigenvalue weighted by Gasteiger charge is -2.27. The van der Waals surface area contributed by atoms with Crippen LogP contribution in [0.5, 0.6) is 0 Å². The Morgan fingerprint density at radius 1 is 1.14 bits per heavy atom. The Hall–Kier alpha value is -2.18. The smallest absolute Gasteiger partial charge is 0.168 e. The summed E-state index contributed by atoms with van der Waals surface area (Å²) < 4.78 is 7.18. The number of nitrogens with zero attached hydrogens (tertiary/aromatic N) is 5. The van der Waals surface area contributed by atoms with Crippen LogP contribution in [-0.4, -0.2) is 46.1 Å². The Bertz CT molecular complexity index is 813. The Balaban J connectivity index is 1.83. The first kappa shape index (κ1) is 13.5. The average molecular weight is 316 g/mol. The zero-order valence-corrected chi connectivity index (χ0v) is 12.6. The molecule has 3 heterocycles. The van der Waals surface area contributed by atoms with E-state index in [1.165, 1.54) is 0 Å². The molecule has 3 aromatic rings. The van der Waals surface area contributed by atoms with Crippen molar-refractivity contribution >= 4 is 28.5 Å². The van der Waals surface area contributed by atoms with E-state index in [-0.39, 0.29) is 0 Å². The second-order valence-corrected chi connectivity index (χ2v) is 5.51. The number of halogens is 1. The van der Waals surface area contributed by atoms with Crippen LogP contribution in [0.15, 0.2) is 36.8 Å². The molecule has 1 fully saturated rings. The summed E-state index contributed by atoms with van der Waals surface area (Å²) in [6.07, 6.45) is 3.39. The topological polar surface area (TPSA) is 56.1 Å². The summed E-state index contributed by atoms with van der Waals surface area (Å²) in [5.41, 5.74) is 1.66. The predicted molar refractivity (Wildman–Crippen MR) is 84.7 cm³/mol. The minimum Gasteiger partial charge on any atom is -0.378 e. The number of hydrogen-bond acceptors (Lipinski definition) is 5. The van der Waals surface area contributed by atoms with Crippen molar-refractivity contribution in [2.45, 2.75) is 0 Å². The van der Waals surface area contributed by atoms with Crippen molar-refractivity contribution < 1.29 is 4.74 Å². The minimum absolute atomic E-state index is 0.670. The molecule has 1 aliphatic heterocycles. The molecule has 1 saturated heterocycles. The van der Waals surface area contributed by atoms with Crippen LogP contribution in [0.25, 0.3) is 16.7 Å². The zero-order valence-electron chi connectivity index (χ0n) is 11.8. The van der Waals surface area contributed by atoms with Crippen molar-refractivity contribution in [2.75, 3.05) is 31.2 Å². The SMILES string of the molecule is Clc1cccc(-n2ncc3c(N4CCOCC4)ncnc32)c1. The summed E-state index contributed by atoms with van der Waals surface area (Å²) in [6, 6.07) is 7.56. The van der Waals surface area contributed by atoms with Crippen LogP contribution in [0.2, 0.25) is 5.02 Å². The van der Waals surface area contributed by atoms with Crippen LogP contribution in [0.4, 0.5) is 5.82 Å². The second kappa shape index (κ2) is 5.55. The van der Waals surface area contributed by atoms with Crippen molar-refractivity contribution in [2.24, 2.45) is 0 Å². The highest BCUT2D eigenvalue weighted by Gasteiger charge is 2.18. The van der Waals surface area contributed by atoms with E-state index in [2.05, 4.69) is 20.0 Å². The lowest BCUT2D eigenvalue weighted by Crippen LogP contribution is -2.36. The fraction of sp³-hybridized carbons (Fsp3) is 0.267. The zero-order chi connectivity index (χ0) is 14.9. The van der Waals surface area contributed by atoms with Gasteiger partial charge in [0.1, 0.15) is 12.1 Å². The Labute approximate surface area is 132 Å². The fourth-order valence-corrected chi connectivity index (χ4v) is 2.84. The largest absolute Gasteiger partial charge is 0.378 e. The van der Waals surface area contributed by atoms with Crippen LogP contribution >= 0.6 is 11.6 Å². The van der Waals surface area contributed by atoms with Gasteiger partial charge in [-0.25, -0.2) is 14.6 Å². The van der Waals surface area contributed by atoms with Crippen LogP contribution in [0.1, 0.15) is 0 Å². The van der Waals surface area contributed by atoms with Crippen LogP contribution < -0.4 is 4.90 Å². The lowest BCUT2D eigenvalue weighted by molar-refractivity contribution is 0.122. The van der Waals surface area contributed by atoms with Gasteiger partial charge < -0.3 is 9.64 Å². The third-order valence-corrected chi connectivity index (χ3v) is 3.94. The standard InChI is InChI=1S/C15H14ClN5O/c16-11-2-1-3-12(8-11)21-15-13(9-19-21)14(17-10-18-15)20-4-6-22-7-5-20/h1-3,8-10H,4-7H2. The van der Waals surface area contributed by atoms with E-state index >= 15 is 0 Å². The van der Waals surface area contributed by atoms with Crippen LogP contribution in [0, 0.1) is 0 Å². The summed E-state index contributed by atoms with van der Waals surface area (Å²) in [6.45, 7) is 3.09. The van der Waals surface area contributed by atoms with E-state index in [0.29, 0.717) is 18.2 Å². The van der Waals surface area contributed by atoms with Crippen molar-refractivity contribution in [3.8, 4) is 5.69 Å². The van der Waals surface area contributed by atoms with Crippen molar-refractivity contribution in [1.82, 2.24) is 19.7 Å². The first-order chi connectivity index (χ1) is 10.8. The maximum atomic E-state index is 6.07. The van der Waals surface area contributed by atoms with Gasteiger partial charge in [-0.1, -0.05) is 17.7 Å². The summed E-state index contributed by atoms with van der Waals surface area (Å²) >= 11 is 6.07. The molecule has 0 amide bonds. The van der Waals surface area contributed by atoms with E-state index in [9.17, 15) is 0 Å². The highest BCUT2D eigenvalue weighted by molar-refractivity contribution is 6.30. The third kappa shape index (κ3) is 2.30. The summed E-state index contributed by atoms with van der Waals surface area (Å²) in [5.74, 6) is 0.904. The second-order valence-electron chi connectivity index (χ2n) is 5.07. The highest BCUT2D eigenvalue weighted by atomic mass is 35.5. The molecule has 0 aliphatic carbocycles. The molecule has 0 spiro atoms. The Morgan fingerprint density at radius 2 is 2.00 bits per heavy atom. The molecule has 4 rings (SSSR count). The maximum Gasteiger partial charge on any atom is 0.168 e. The fourth-order valence-electron chi connectivity index (χ4n) is 2.66. The molecule has 0 N–H and O–H groups in total. The quantitative estimate of drug-likeness (QED) is 0.726. The molecule has 0 bridgehead atoms. The van der Waals surface area contributed by atoms with Gasteiger partial charge in [-0.2, -0.15) is 5.10 Å². The molecule has 0 radical (unpaired) electrons. The Morgan fingerprint density at radius 3 is 2.82 bits per heavy atom. The summed E-state index contributed by atoms with van der Waals surface area (Å²) in [5, 5.41) is 6.06. The molecule has 7 heteroatoms. The predicted octanol–water partition coefficient (Wildman–Crippen LogP) is 2.31. The molecule has 0 saturated carbocycles. The normalized spacial score (nSPS) is 15.4. The number of rotatable bonds is 2. The van der Waals surface area contributed by atoms with Gasteiger partial charge in [-0.05, 0) is 18.2 Å². The van der Waals surface area contributed by atoms with Gasteiger partial charge in [0.2, 0.25) is 0 Å². The molecular formula is C15H14ClN5O. The molecule has 112 valence electrons. The number of ether oxygens (including phenoxy) is 1. The monoisotopic (exact) mass is 315 g/mol. The highest BCUT2D eigenvalue weighted by Crippen LogP contribution is 2.25. The van der Waals surface area contributed by atoms with Gasteiger partial charge in [0, 0.05) is 18.1 Å². The van der Waals surface area contributed by atoms with Crippen LogP contribution in [0.3, 0.4) is 0 Å². The van der Waals surface area contributed by atoms with E-state index in [1.54, 1.807) is 17.2 Å². The summed E-state index contributed by atoms with van der Waals surface area (Å²) in [4.78, 5) is 11.0. The number of fused-ring (bicyclic) bond motifs is 1. The number of benzene rings is 1. The first-order valence-corrected chi connectivity index (χ1v) is 7.48. The van der Waals surface area contributed by atoms with Crippen molar-refractivity contribution in [3.05, 3.63) is 41.8 Å². The van der Waals surface area contributed by atoms with Crippen molar-refractivity contribution in [1.29, 1.82) is 0 Å². The third-order valence-electron chi connectivity index (χ3n) is 3.71. The molecule has 22 heavy (non-hydrogen) atoms. The van der Waals surface area contributed by atoms with Crippen molar-refractivity contribution in [3.63, 3.8) is 0 Å². The molecule has 0 unspecified atom stereocenters.